The van der Waals surface area contributed by atoms with Gasteiger partial charge in [-0.3, -0.25) is 14.6 Å². The first-order chi connectivity index (χ1) is 16.8. The second kappa shape index (κ2) is 7.72. The van der Waals surface area contributed by atoms with E-state index in [0.717, 1.165) is 41.9 Å². The van der Waals surface area contributed by atoms with Crippen LogP contribution in [-0.2, 0) is 35.2 Å². The van der Waals surface area contributed by atoms with Crippen LogP contribution in [0.4, 0.5) is 18.9 Å². The normalized spacial score (nSPS) is 21.2. The number of fused-ring (bicyclic) bond motifs is 2. The Labute approximate surface area is 196 Å². The number of amides is 2. The van der Waals surface area contributed by atoms with Crippen LogP contribution < -0.4 is 4.90 Å². The molecule has 0 N–H and O–H groups in total. The smallest absolute Gasteiger partial charge is 0.337 e. The minimum Gasteiger partial charge on any atom is -0.337 e. The monoisotopic (exact) mass is 482 g/mol. The molecule has 9 nitrogen and oxygen atoms in total. The third-order valence-corrected chi connectivity index (χ3v) is 6.41. The molecule has 12 heteroatoms. The first kappa shape index (κ1) is 21.4. The van der Waals surface area contributed by atoms with Crippen molar-refractivity contribution in [3.63, 3.8) is 0 Å². The molecule has 3 aliphatic rings. The van der Waals surface area contributed by atoms with Gasteiger partial charge in [0.1, 0.15) is 6.54 Å². The molecule has 3 heterocycles. The molecular formula is C23H17F3N6O3. The van der Waals surface area contributed by atoms with Crippen molar-refractivity contribution < 1.29 is 27.3 Å². The van der Waals surface area contributed by atoms with Crippen molar-refractivity contribution in [1.29, 1.82) is 0 Å². The Balaban J connectivity index is 1.22. The maximum Gasteiger partial charge on any atom is 0.416 e. The Hall–Kier alpha value is -4.09. The topological polar surface area (TPSA) is 104 Å². The largest absolute Gasteiger partial charge is 0.416 e. The van der Waals surface area contributed by atoms with Crippen molar-refractivity contribution in [3.8, 4) is 11.4 Å². The second-order valence-corrected chi connectivity index (χ2v) is 8.60. The van der Waals surface area contributed by atoms with Gasteiger partial charge in [-0.1, -0.05) is 28.6 Å². The van der Waals surface area contributed by atoms with E-state index in [9.17, 15) is 22.8 Å². The average molecular weight is 482 g/mol. The van der Waals surface area contributed by atoms with Gasteiger partial charge in [0.2, 0.25) is 11.7 Å². The lowest BCUT2D eigenvalue weighted by atomic mass is 10.1. The van der Waals surface area contributed by atoms with E-state index in [1.807, 2.05) is 12.1 Å². The fourth-order valence-corrected chi connectivity index (χ4v) is 4.72. The van der Waals surface area contributed by atoms with E-state index in [1.165, 1.54) is 22.7 Å². The molecular weight excluding hydrogens is 465 g/mol. The Morgan fingerprint density at radius 3 is 2.69 bits per heavy atom. The number of alkyl halides is 3. The summed E-state index contributed by atoms with van der Waals surface area (Å²) < 4.78 is 44.2. The Bertz CT molecular complexity index is 1380. The number of aromatic nitrogens is 2. The van der Waals surface area contributed by atoms with Gasteiger partial charge in [0.05, 0.1) is 11.3 Å². The summed E-state index contributed by atoms with van der Waals surface area (Å²) in [6.07, 6.45) is -1.57. The minimum atomic E-state index is -4.51. The third-order valence-electron chi connectivity index (χ3n) is 6.41. The number of aryl methyl sites for hydroxylation is 2. The van der Waals surface area contributed by atoms with Crippen LogP contribution in [-0.4, -0.2) is 39.0 Å². The molecule has 2 aliphatic heterocycles. The third kappa shape index (κ3) is 3.56. The van der Waals surface area contributed by atoms with Crippen molar-refractivity contribution in [3.05, 3.63) is 65.0 Å². The SMILES string of the molecule is O=C1[C@H]2N=NN(Cc3nc(-c4cccc(C(F)(F)F)c4)no3)[C@@H]2C(=O)N1c1ccc2c(c1)CCC2. The summed E-state index contributed by atoms with van der Waals surface area (Å²) in [6.45, 7) is -0.131. The zero-order chi connectivity index (χ0) is 24.3. The number of anilines is 1. The fourth-order valence-electron chi connectivity index (χ4n) is 4.72. The number of carbonyl (C=O) groups excluding carboxylic acids is 2. The van der Waals surface area contributed by atoms with E-state index in [2.05, 4.69) is 20.5 Å². The van der Waals surface area contributed by atoms with Gasteiger partial charge in [0, 0.05) is 5.56 Å². The summed E-state index contributed by atoms with van der Waals surface area (Å²) >= 11 is 0. The summed E-state index contributed by atoms with van der Waals surface area (Å²) in [5.41, 5.74) is 2.16. The molecule has 2 aromatic carbocycles. The lowest BCUT2D eigenvalue weighted by molar-refractivity contribution is -0.137. The van der Waals surface area contributed by atoms with Crippen LogP contribution in [0.1, 0.15) is 29.0 Å². The summed E-state index contributed by atoms with van der Waals surface area (Å²) in [5, 5.41) is 13.0. The van der Waals surface area contributed by atoms with Gasteiger partial charge in [-0.25, -0.2) is 4.90 Å². The Morgan fingerprint density at radius 1 is 1.03 bits per heavy atom. The fraction of sp³-hybridized carbons (Fsp3) is 0.304. The molecule has 2 amide bonds. The number of hydrogen-bond acceptors (Lipinski definition) is 8. The predicted octanol–water partition coefficient (Wildman–Crippen LogP) is 3.74. The molecule has 178 valence electrons. The number of carbonyl (C=O) groups is 2. The van der Waals surface area contributed by atoms with Gasteiger partial charge < -0.3 is 4.52 Å². The molecule has 35 heavy (non-hydrogen) atoms. The summed E-state index contributed by atoms with van der Waals surface area (Å²) in [6, 6.07) is 8.20. The van der Waals surface area contributed by atoms with Gasteiger partial charge in [0.15, 0.2) is 12.1 Å². The Morgan fingerprint density at radius 2 is 1.86 bits per heavy atom. The van der Waals surface area contributed by atoms with E-state index in [0.29, 0.717) is 5.69 Å². The van der Waals surface area contributed by atoms with Crippen molar-refractivity contribution in [2.75, 3.05) is 4.90 Å². The lowest BCUT2D eigenvalue weighted by Crippen LogP contribution is -2.39. The van der Waals surface area contributed by atoms with Gasteiger partial charge in [-0.05, 0) is 54.7 Å². The number of rotatable bonds is 4. The first-order valence-electron chi connectivity index (χ1n) is 11.0. The van der Waals surface area contributed by atoms with Crippen LogP contribution in [0.25, 0.3) is 11.4 Å². The van der Waals surface area contributed by atoms with E-state index < -0.39 is 35.6 Å². The van der Waals surface area contributed by atoms with Gasteiger partial charge in [-0.15, -0.1) is 0 Å². The molecule has 0 radical (unpaired) electrons. The molecule has 2 atom stereocenters. The molecule has 1 aliphatic carbocycles. The van der Waals surface area contributed by atoms with Crippen molar-refractivity contribution in [2.45, 2.75) is 44.1 Å². The minimum absolute atomic E-state index is 0.0215. The zero-order valence-corrected chi connectivity index (χ0v) is 18.1. The summed E-state index contributed by atoms with van der Waals surface area (Å²) in [4.78, 5) is 31.5. The molecule has 1 saturated heterocycles. The number of hydrogen-bond donors (Lipinski definition) is 0. The molecule has 1 fully saturated rings. The van der Waals surface area contributed by atoms with Crippen LogP contribution in [0.2, 0.25) is 0 Å². The standard InChI is InChI=1S/C23H17F3N6O3/c24-23(25,26)15-6-2-5-14(9-15)20-27-17(35-29-20)11-31-19-18(28-30-31)21(33)32(22(19)34)16-8-7-12-3-1-4-13(12)10-16/h2,5-10,18-19H,1,3-4,11H2/t18-,19-/m0/s1. The van der Waals surface area contributed by atoms with Gasteiger partial charge in [-0.2, -0.15) is 23.3 Å². The zero-order valence-electron chi connectivity index (χ0n) is 18.1. The quantitative estimate of drug-likeness (QED) is 0.525. The lowest BCUT2D eigenvalue weighted by Gasteiger charge is -2.19. The molecule has 6 rings (SSSR count). The van der Waals surface area contributed by atoms with Gasteiger partial charge >= 0.3 is 6.18 Å². The maximum absolute atomic E-state index is 13.2. The van der Waals surface area contributed by atoms with Crippen LogP contribution in [0.5, 0.6) is 0 Å². The number of halogens is 3. The molecule has 1 aromatic heterocycles. The van der Waals surface area contributed by atoms with Crippen LogP contribution in [0.15, 0.2) is 57.3 Å². The van der Waals surface area contributed by atoms with E-state index in [4.69, 9.17) is 4.52 Å². The highest BCUT2D eigenvalue weighted by atomic mass is 19.4. The number of imide groups is 1. The number of benzene rings is 2. The average Bonchev–Trinajstić information content (AvgIpc) is 3.61. The van der Waals surface area contributed by atoms with Crippen LogP contribution in [0, 0.1) is 0 Å². The van der Waals surface area contributed by atoms with Crippen LogP contribution >= 0.6 is 0 Å². The molecule has 0 spiro atoms. The summed E-state index contributed by atoms with van der Waals surface area (Å²) in [7, 11) is 0. The van der Waals surface area contributed by atoms with E-state index in [-0.39, 0.29) is 23.8 Å². The van der Waals surface area contributed by atoms with Crippen molar-refractivity contribution in [2.24, 2.45) is 10.3 Å². The highest BCUT2D eigenvalue weighted by molar-refractivity contribution is 6.25. The number of nitrogens with zero attached hydrogens (tertiary/aromatic N) is 6. The predicted molar refractivity (Wildman–Crippen MR) is 114 cm³/mol. The molecule has 0 bridgehead atoms. The first-order valence-corrected chi connectivity index (χ1v) is 11.0. The van der Waals surface area contributed by atoms with E-state index >= 15 is 0 Å². The summed E-state index contributed by atoms with van der Waals surface area (Å²) in [5.74, 6) is -0.930. The second-order valence-electron chi connectivity index (χ2n) is 8.60. The molecule has 0 saturated carbocycles. The molecule has 0 unspecified atom stereocenters. The molecule has 3 aromatic rings. The Kier molecular flexibility index (Phi) is 4.73. The van der Waals surface area contributed by atoms with E-state index in [1.54, 1.807) is 6.07 Å². The maximum atomic E-state index is 13.2. The highest BCUT2D eigenvalue weighted by Gasteiger charge is 2.55. The van der Waals surface area contributed by atoms with Crippen molar-refractivity contribution >= 4 is 17.5 Å². The van der Waals surface area contributed by atoms with Crippen molar-refractivity contribution in [1.82, 2.24) is 15.1 Å². The van der Waals surface area contributed by atoms with Crippen LogP contribution in [0.3, 0.4) is 0 Å². The van der Waals surface area contributed by atoms with Gasteiger partial charge in [0.25, 0.3) is 11.8 Å². The highest BCUT2D eigenvalue weighted by Crippen LogP contribution is 2.35.